The molecule has 2 N–H and O–H groups in total. The molecule has 2 aliphatic rings. The molecule has 3 heterocycles. The number of nitrogens with zero attached hydrogens (tertiary/aromatic N) is 3. The maximum Gasteiger partial charge on any atom is 0.246 e. The second-order valence-corrected chi connectivity index (χ2v) is 6.63. The van der Waals surface area contributed by atoms with E-state index in [1.165, 1.54) is 16.7 Å². The number of hydrogen-bond donors (Lipinski definition) is 2. The number of aromatic amines is 1. The van der Waals surface area contributed by atoms with Crippen LogP contribution in [0.25, 0.3) is 0 Å². The summed E-state index contributed by atoms with van der Waals surface area (Å²) in [7, 11) is -3.33. The average molecular weight is 271 g/mol. The summed E-state index contributed by atoms with van der Waals surface area (Å²) in [5, 5.41) is 9.52. The van der Waals surface area contributed by atoms with Crippen LogP contribution in [-0.2, 0) is 10.0 Å². The van der Waals surface area contributed by atoms with Crippen LogP contribution in [0.1, 0.15) is 0 Å². The molecule has 0 amide bonds. The van der Waals surface area contributed by atoms with Gasteiger partial charge in [-0.2, -0.15) is 9.40 Å². The maximum atomic E-state index is 12.1. The summed E-state index contributed by atoms with van der Waals surface area (Å²) < 4.78 is 25.8. The second kappa shape index (κ2) is 4.61. The van der Waals surface area contributed by atoms with Crippen molar-refractivity contribution in [3.05, 3.63) is 12.4 Å². The normalized spacial score (nSPS) is 24.0. The molecule has 7 nitrogen and oxygen atoms in total. The molecule has 18 heavy (non-hydrogen) atoms. The minimum Gasteiger partial charge on any atom is -0.314 e. The van der Waals surface area contributed by atoms with Crippen LogP contribution in [0.4, 0.5) is 0 Å². The molecule has 100 valence electrons. The molecule has 0 aromatic carbocycles. The molecule has 0 unspecified atom stereocenters. The fraction of sp³-hybridized carbons (Fsp3) is 0.700. The van der Waals surface area contributed by atoms with E-state index in [2.05, 4.69) is 20.4 Å². The lowest BCUT2D eigenvalue weighted by molar-refractivity contribution is 0.0773. The Hall–Kier alpha value is -0.960. The molecular weight excluding hydrogens is 254 g/mol. The zero-order valence-corrected chi connectivity index (χ0v) is 10.9. The summed E-state index contributed by atoms with van der Waals surface area (Å²) in [5.74, 6) is 0. The smallest absolute Gasteiger partial charge is 0.246 e. The first-order valence-corrected chi connectivity index (χ1v) is 7.55. The number of piperazine rings is 1. The first kappa shape index (κ1) is 12.1. The largest absolute Gasteiger partial charge is 0.314 e. The van der Waals surface area contributed by atoms with Crippen molar-refractivity contribution < 1.29 is 8.42 Å². The van der Waals surface area contributed by atoms with Crippen LogP contribution in [0.2, 0.25) is 0 Å². The van der Waals surface area contributed by atoms with Gasteiger partial charge in [0.1, 0.15) is 4.90 Å². The minimum absolute atomic E-state index is 0.251. The summed E-state index contributed by atoms with van der Waals surface area (Å²) >= 11 is 0. The van der Waals surface area contributed by atoms with Gasteiger partial charge in [0, 0.05) is 51.5 Å². The van der Waals surface area contributed by atoms with E-state index >= 15 is 0 Å². The lowest BCUT2D eigenvalue weighted by Gasteiger charge is -2.45. The number of aromatic nitrogens is 2. The quantitative estimate of drug-likeness (QED) is 0.713. The third kappa shape index (κ3) is 2.05. The molecule has 0 saturated carbocycles. The van der Waals surface area contributed by atoms with Gasteiger partial charge >= 0.3 is 0 Å². The second-order valence-electron chi connectivity index (χ2n) is 4.70. The Labute approximate surface area is 106 Å². The van der Waals surface area contributed by atoms with Crippen molar-refractivity contribution in [2.45, 2.75) is 10.9 Å². The molecule has 3 rings (SSSR count). The van der Waals surface area contributed by atoms with Gasteiger partial charge in [0.15, 0.2) is 0 Å². The van der Waals surface area contributed by atoms with E-state index < -0.39 is 10.0 Å². The predicted octanol–water partition coefficient (Wildman–Crippen LogP) is -1.31. The van der Waals surface area contributed by atoms with Crippen molar-refractivity contribution in [3.8, 4) is 0 Å². The highest BCUT2D eigenvalue weighted by molar-refractivity contribution is 7.89. The highest BCUT2D eigenvalue weighted by Gasteiger charge is 2.40. The fourth-order valence-corrected chi connectivity index (χ4v) is 3.84. The van der Waals surface area contributed by atoms with Crippen LogP contribution >= 0.6 is 0 Å². The zero-order chi connectivity index (χ0) is 12.6. The number of nitrogens with one attached hydrogen (secondary N) is 2. The van der Waals surface area contributed by atoms with Crippen molar-refractivity contribution in [2.75, 3.05) is 39.3 Å². The van der Waals surface area contributed by atoms with Gasteiger partial charge in [-0.05, 0) is 0 Å². The number of hydrogen-bond acceptors (Lipinski definition) is 5. The van der Waals surface area contributed by atoms with Crippen molar-refractivity contribution in [1.29, 1.82) is 0 Å². The zero-order valence-electron chi connectivity index (χ0n) is 10.0. The van der Waals surface area contributed by atoms with Crippen molar-refractivity contribution in [2.24, 2.45) is 0 Å². The molecule has 1 aromatic rings. The molecule has 8 heteroatoms. The van der Waals surface area contributed by atoms with Crippen LogP contribution < -0.4 is 5.32 Å². The maximum absolute atomic E-state index is 12.1. The Morgan fingerprint density at radius 2 is 2.00 bits per heavy atom. The summed E-state index contributed by atoms with van der Waals surface area (Å²) in [5.41, 5.74) is 0. The molecule has 0 spiro atoms. The van der Waals surface area contributed by atoms with E-state index in [1.54, 1.807) is 0 Å². The van der Waals surface area contributed by atoms with E-state index in [0.717, 1.165) is 26.2 Å². The Kier molecular flexibility index (Phi) is 3.10. The lowest BCUT2D eigenvalue weighted by Crippen LogP contribution is -2.63. The molecule has 2 saturated heterocycles. The molecule has 0 bridgehead atoms. The van der Waals surface area contributed by atoms with Crippen molar-refractivity contribution in [1.82, 2.24) is 24.7 Å². The van der Waals surface area contributed by atoms with E-state index in [0.29, 0.717) is 19.1 Å². The third-order valence-corrected chi connectivity index (χ3v) is 5.40. The van der Waals surface area contributed by atoms with Crippen LogP contribution in [0.15, 0.2) is 17.3 Å². The Bertz CT molecular complexity index is 488. The van der Waals surface area contributed by atoms with Gasteiger partial charge in [0.2, 0.25) is 10.0 Å². The van der Waals surface area contributed by atoms with E-state index in [1.807, 2.05) is 0 Å². The van der Waals surface area contributed by atoms with Gasteiger partial charge in [-0.25, -0.2) is 8.42 Å². The lowest BCUT2D eigenvalue weighted by atomic mass is 10.1. The molecule has 1 aromatic heterocycles. The number of rotatable bonds is 3. The highest BCUT2D eigenvalue weighted by atomic mass is 32.2. The SMILES string of the molecule is O=S(=O)(c1cn[nH]c1)N1CC(N2CCNCC2)C1. The van der Waals surface area contributed by atoms with E-state index in [9.17, 15) is 8.42 Å². The minimum atomic E-state index is -3.33. The molecular formula is C10H17N5O2S. The summed E-state index contributed by atoms with van der Waals surface area (Å²) in [6.45, 7) is 5.17. The molecule has 2 aliphatic heterocycles. The Morgan fingerprint density at radius 1 is 1.28 bits per heavy atom. The van der Waals surface area contributed by atoms with Gasteiger partial charge < -0.3 is 5.32 Å². The summed E-state index contributed by atoms with van der Waals surface area (Å²) in [4.78, 5) is 2.61. The highest BCUT2D eigenvalue weighted by Crippen LogP contribution is 2.23. The van der Waals surface area contributed by atoms with Crippen LogP contribution in [0.5, 0.6) is 0 Å². The predicted molar refractivity (Wildman–Crippen MR) is 65.6 cm³/mol. The van der Waals surface area contributed by atoms with Crippen molar-refractivity contribution in [3.63, 3.8) is 0 Å². The van der Waals surface area contributed by atoms with Crippen molar-refractivity contribution >= 4 is 10.0 Å². The van der Waals surface area contributed by atoms with Gasteiger partial charge in [-0.1, -0.05) is 0 Å². The van der Waals surface area contributed by atoms with Gasteiger partial charge in [-0.3, -0.25) is 10.00 Å². The first-order chi connectivity index (χ1) is 8.68. The van der Waals surface area contributed by atoms with Crippen LogP contribution in [0, 0.1) is 0 Å². The van der Waals surface area contributed by atoms with Crippen LogP contribution in [0.3, 0.4) is 0 Å². The summed E-state index contributed by atoms with van der Waals surface area (Å²) in [6.07, 6.45) is 2.78. The monoisotopic (exact) mass is 271 g/mol. The Balaban J connectivity index is 1.62. The van der Waals surface area contributed by atoms with Gasteiger partial charge in [-0.15, -0.1) is 0 Å². The first-order valence-electron chi connectivity index (χ1n) is 6.11. The number of H-pyrrole nitrogens is 1. The average Bonchev–Trinajstić information content (AvgIpc) is 2.82. The molecule has 0 atom stereocenters. The van der Waals surface area contributed by atoms with E-state index in [4.69, 9.17) is 0 Å². The standard InChI is InChI=1S/C10H17N5O2S/c16-18(17,10-5-12-13-6-10)15-7-9(8-15)14-3-1-11-2-4-14/h5-6,9,11H,1-4,7-8H2,(H,12,13). The topological polar surface area (TPSA) is 81.3 Å². The molecule has 2 fully saturated rings. The Morgan fingerprint density at radius 3 is 2.61 bits per heavy atom. The summed E-state index contributed by atoms with van der Waals surface area (Å²) in [6, 6.07) is 0.369. The molecule has 0 aliphatic carbocycles. The van der Waals surface area contributed by atoms with E-state index in [-0.39, 0.29) is 4.90 Å². The van der Waals surface area contributed by atoms with Gasteiger partial charge in [0.05, 0.1) is 6.20 Å². The van der Waals surface area contributed by atoms with Gasteiger partial charge in [0.25, 0.3) is 0 Å². The van der Waals surface area contributed by atoms with Crippen LogP contribution in [-0.4, -0.2) is 73.1 Å². The number of sulfonamides is 1. The molecule has 0 radical (unpaired) electrons. The fourth-order valence-electron chi connectivity index (χ4n) is 2.42. The third-order valence-electron chi connectivity index (χ3n) is 3.61.